The van der Waals surface area contributed by atoms with Crippen molar-refractivity contribution < 1.29 is 17.4 Å². The van der Waals surface area contributed by atoms with Gasteiger partial charge in [0, 0.05) is 0 Å². The van der Waals surface area contributed by atoms with Gasteiger partial charge in [0.1, 0.15) is 11.0 Å². The highest BCUT2D eigenvalue weighted by molar-refractivity contribution is 7.84. The van der Waals surface area contributed by atoms with Crippen LogP contribution in [0, 0.1) is 0 Å². The van der Waals surface area contributed by atoms with E-state index in [4.69, 9.17) is 0 Å². The van der Waals surface area contributed by atoms with Crippen LogP contribution in [-0.4, -0.2) is 27.4 Å². The summed E-state index contributed by atoms with van der Waals surface area (Å²) in [6.45, 7) is 12.4. The average Bonchev–Trinajstić information content (AvgIpc) is 3.16. The van der Waals surface area contributed by atoms with Crippen LogP contribution in [0.15, 0.2) is 36.0 Å². The predicted molar refractivity (Wildman–Crippen MR) is 100 cm³/mol. The third-order valence-corrected chi connectivity index (χ3v) is 6.98. The van der Waals surface area contributed by atoms with Crippen LogP contribution in [0.4, 0.5) is 13.2 Å². The van der Waals surface area contributed by atoms with Crippen molar-refractivity contribution in [3.63, 3.8) is 0 Å². The van der Waals surface area contributed by atoms with Crippen LogP contribution < -0.4 is 0 Å². The molecule has 0 saturated carbocycles. The first-order valence-corrected chi connectivity index (χ1v) is 13.0. The zero-order valence-corrected chi connectivity index (χ0v) is 17.3. The lowest BCUT2D eigenvalue weighted by atomic mass is 10.1. The van der Waals surface area contributed by atoms with E-state index in [-0.39, 0.29) is 12.1 Å². The van der Waals surface area contributed by atoms with Crippen LogP contribution in [0.3, 0.4) is 0 Å². The van der Waals surface area contributed by atoms with Crippen LogP contribution in [0.25, 0.3) is 0 Å². The first kappa shape index (κ1) is 20.4. The standard InChI is InChI=1S/C18H26F3NOSSi/c1-17(2,3)24(23)22-15(11-12-25(4,5)6)16(22)13-7-9-14(10-8-13)18(19,20)21/h7-12,15-16H,1-6H3/b12-11+. The second kappa shape index (κ2) is 6.67. The third-order valence-electron chi connectivity index (χ3n) is 3.89. The number of rotatable bonds is 4. The summed E-state index contributed by atoms with van der Waals surface area (Å²) in [6, 6.07) is 5.06. The van der Waals surface area contributed by atoms with E-state index < -0.39 is 35.5 Å². The van der Waals surface area contributed by atoms with E-state index in [1.807, 2.05) is 25.1 Å². The van der Waals surface area contributed by atoms with Crippen LogP contribution in [-0.2, 0) is 17.2 Å². The molecule has 0 spiro atoms. The Kier molecular flexibility index (Phi) is 5.44. The molecular formula is C18H26F3NOSSi. The molecule has 25 heavy (non-hydrogen) atoms. The maximum absolute atomic E-state index is 12.8. The molecule has 4 atom stereocenters. The number of benzene rings is 1. The molecule has 0 amide bonds. The molecular weight excluding hydrogens is 363 g/mol. The van der Waals surface area contributed by atoms with Gasteiger partial charge in [-0.05, 0) is 38.5 Å². The smallest absolute Gasteiger partial charge is 0.242 e. The fourth-order valence-corrected chi connectivity index (χ4v) is 4.76. The quantitative estimate of drug-likeness (QED) is 0.504. The van der Waals surface area contributed by atoms with Gasteiger partial charge in [-0.2, -0.15) is 13.2 Å². The highest BCUT2D eigenvalue weighted by Crippen LogP contribution is 2.48. The highest BCUT2D eigenvalue weighted by atomic mass is 32.2. The fraction of sp³-hybridized carbons (Fsp3) is 0.556. The van der Waals surface area contributed by atoms with Gasteiger partial charge in [-0.15, -0.1) is 0 Å². The summed E-state index contributed by atoms with van der Waals surface area (Å²) in [5, 5.41) is 0. The molecule has 1 aliphatic rings. The van der Waals surface area contributed by atoms with Gasteiger partial charge in [0.15, 0.2) is 0 Å². The molecule has 0 aromatic heterocycles. The second-order valence-corrected chi connectivity index (χ2v) is 15.7. The molecule has 0 N–H and O–H groups in total. The van der Waals surface area contributed by atoms with Crippen LogP contribution >= 0.6 is 0 Å². The summed E-state index contributed by atoms with van der Waals surface area (Å²) in [4.78, 5) is 0. The lowest BCUT2D eigenvalue weighted by Crippen LogP contribution is -2.28. The van der Waals surface area contributed by atoms with Crippen LogP contribution in [0.5, 0.6) is 0 Å². The molecule has 4 unspecified atom stereocenters. The third kappa shape index (κ3) is 5.05. The summed E-state index contributed by atoms with van der Waals surface area (Å²) < 4.78 is 52.6. The molecule has 7 heteroatoms. The Morgan fingerprint density at radius 1 is 1.08 bits per heavy atom. The molecule has 1 fully saturated rings. The molecule has 2 nitrogen and oxygen atoms in total. The van der Waals surface area contributed by atoms with Crippen molar-refractivity contribution in [3.05, 3.63) is 47.2 Å². The molecule has 0 aliphatic carbocycles. The second-order valence-electron chi connectivity index (χ2n) is 8.50. The van der Waals surface area contributed by atoms with Crippen molar-refractivity contribution in [1.82, 2.24) is 4.31 Å². The molecule has 0 bridgehead atoms. The maximum atomic E-state index is 12.8. The number of hydrogen-bond acceptors (Lipinski definition) is 1. The van der Waals surface area contributed by atoms with E-state index in [0.29, 0.717) is 0 Å². The molecule has 1 heterocycles. The Hall–Kier alpha value is -0.923. The monoisotopic (exact) mass is 389 g/mol. The Morgan fingerprint density at radius 2 is 1.60 bits per heavy atom. The van der Waals surface area contributed by atoms with Crippen molar-refractivity contribution in [2.24, 2.45) is 0 Å². The number of hydrogen-bond donors (Lipinski definition) is 0. The van der Waals surface area contributed by atoms with E-state index in [2.05, 4.69) is 31.4 Å². The minimum absolute atomic E-state index is 0.0245. The molecule has 1 aromatic carbocycles. The van der Waals surface area contributed by atoms with Crippen molar-refractivity contribution in [2.75, 3.05) is 0 Å². The topological polar surface area (TPSA) is 20.1 Å². The molecule has 1 saturated heterocycles. The van der Waals surface area contributed by atoms with Crippen molar-refractivity contribution >= 4 is 19.1 Å². The maximum Gasteiger partial charge on any atom is 0.416 e. The predicted octanol–water partition coefficient (Wildman–Crippen LogP) is 5.33. The van der Waals surface area contributed by atoms with E-state index >= 15 is 0 Å². The number of halogens is 3. The van der Waals surface area contributed by atoms with Gasteiger partial charge in [0.05, 0.1) is 30.5 Å². The van der Waals surface area contributed by atoms with Gasteiger partial charge in [-0.1, -0.05) is 43.5 Å². The lowest BCUT2D eigenvalue weighted by Gasteiger charge is -2.19. The van der Waals surface area contributed by atoms with E-state index in [9.17, 15) is 17.4 Å². The van der Waals surface area contributed by atoms with E-state index in [1.165, 1.54) is 12.1 Å². The summed E-state index contributed by atoms with van der Waals surface area (Å²) >= 11 is 0. The average molecular weight is 390 g/mol. The molecule has 1 aromatic rings. The van der Waals surface area contributed by atoms with E-state index in [1.54, 1.807) is 0 Å². The zero-order chi connectivity index (χ0) is 19.2. The summed E-state index contributed by atoms with van der Waals surface area (Å²) in [5.74, 6) is 0. The Morgan fingerprint density at radius 3 is 2.00 bits per heavy atom. The van der Waals surface area contributed by atoms with Gasteiger partial charge >= 0.3 is 6.18 Å². The summed E-state index contributed by atoms with van der Waals surface area (Å²) in [7, 11) is -2.62. The molecule has 140 valence electrons. The summed E-state index contributed by atoms with van der Waals surface area (Å²) in [5.41, 5.74) is 2.32. The molecule has 1 aliphatic heterocycles. The Labute approximate surface area is 151 Å². The first-order valence-electron chi connectivity index (χ1n) is 8.29. The van der Waals surface area contributed by atoms with Crippen LogP contribution in [0.2, 0.25) is 19.6 Å². The molecule has 0 radical (unpaired) electrons. The number of nitrogens with zero attached hydrogens (tertiary/aromatic N) is 1. The number of alkyl halides is 3. The van der Waals surface area contributed by atoms with E-state index in [0.717, 1.165) is 17.7 Å². The lowest BCUT2D eigenvalue weighted by molar-refractivity contribution is -0.137. The largest absolute Gasteiger partial charge is 0.416 e. The molecule has 2 rings (SSSR count). The van der Waals surface area contributed by atoms with Gasteiger partial charge in [-0.25, -0.2) is 8.51 Å². The van der Waals surface area contributed by atoms with Crippen molar-refractivity contribution in [2.45, 2.75) is 63.4 Å². The van der Waals surface area contributed by atoms with Crippen molar-refractivity contribution in [1.29, 1.82) is 0 Å². The van der Waals surface area contributed by atoms with Gasteiger partial charge < -0.3 is 0 Å². The van der Waals surface area contributed by atoms with Gasteiger partial charge in [-0.3, -0.25) is 0 Å². The summed E-state index contributed by atoms with van der Waals surface area (Å²) in [6.07, 6.45) is -2.26. The SMILES string of the molecule is CC(C)(C)S(=O)N1C(/C=C/[Si](C)(C)C)C1c1ccc(C(F)(F)F)cc1. The van der Waals surface area contributed by atoms with Crippen LogP contribution in [0.1, 0.15) is 37.9 Å². The Bertz CT molecular complexity index is 672. The minimum atomic E-state index is -4.34. The van der Waals surface area contributed by atoms with Gasteiger partial charge in [0.25, 0.3) is 0 Å². The minimum Gasteiger partial charge on any atom is -0.242 e. The zero-order valence-electron chi connectivity index (χ0n) is 15.5. The fourth-order valence-electron chi connectivity index (χ4n) is 2.55. The van der Waals surface area contributed by atoms with Crippen molar-refractivity contribution in [3.8, 4) is 0 Å². The first-order chi connectivity index (χ1) is 11.2. The highest BCUT2D eigenvalue weighted by Gasteiger charge is 2.53. The van der Waals surface area contributed by atoms with Gasteiger partial charge in [0.2, 0.25) is 0 Å². The normalized spacial score (nSPS) is 26.0. The Balaban J connectivity index is 2.29.